The second kappa shape index (κ2) is 5.11. The highest BCUT2D eigenvalue weighted by Gasteiger charge is 2.23. The maximum atomic E-state index is 5.68. The van der Waals surface area contributed by atoms with Gasteiger partial charge in [0.15, 0.2) is 0 Å². The molecule has 0 aromatic carbocycles. The van der Waals surface area contributed by atoms with Crippen LogP contribution in [0.5, 0.6) is 0 Å². The standard InChI is InChI=1S/C14H20N6/c1-10-9-16-11(2)14(17-10)19-6-3-12(4-7-19)20-8-5-13(15)18-20/h5,8-9,12H,3-4,6-7H2,1-2H3,(H2,15,18). The van der Waals surface area contributed by atoms with Crippen LogP contribution in [0.4, 0.5) is 11.6 Å². The normalized spacial score (nSPS) is 16.6. The van der Waals surface area contributed by atoms with Crippen molar-refractivity contribution in [1.29, 1.82) is 0 Å². The highest BCUT2D eigenvalue weighted by Crippen LogP contribution is 2.26. The first kappa shape index (κ1) is 12.9. The van der Waals surface area contributed by atoms with E-state index in [4.69, 9.17) is 5.73 Å². The molecule has 1 aliphatic rings. The van der Waals surface area contributed by atoms with Gasteiger partial charge in [-0.05, 0) is 32.8 Å². The molecule has 0 amide bonds. The number of hydrogen-bond donors (Lipinski definition) is 1. The highest BCUT2D eigenvalue weighted by atomic mass is 15.3. The van der Waals surface area contributed by atoms with Crippen molar-refractivity contribution < 1.29 is 0 Å². The molecule has 2 aromatic heterocycles. The van der Waals surface area contributed by atoms with E-state index in [1.165, 1.54) is 0 Å². The van der Waals surface area contributed by atoms with Crippen molar-refractivity contribution in [3.8, 4) is 0 Å². The van der Waals surface area contributed by atoms with Gasteiger partial charge in [-0.2, -0.15) is 5.10 Å². The van der Waals surface area contributed by atoms with E-state index in [2.05, 4.69) is 20.0 Å². The summed E-state index contributed by atoms with van der Waals surface area (Å²) in [5.74, 6) is 1.61. The van der Waals surface area contributed by atoms with E-state index >= 15 is 0 Å². The van der Waals surface area contributed by atoms with Crippen LogP contribution in [-0.4, -0.2) is 32.8 Å². The van der Waals surface area contributed by atoms with Crippen LogP contribution in [0.2, 0.25) is 0 Å². The first-order valence-corrected chi connectivity index (χ1v) is 6.99. The van der Waals surface area contributed by atoms with Crippen LogP contribution >= 0.6 is 0 Å². The zero-order valence-electron chi connectivity index (χ0n) is 12.0. The molecule has 20 heavy (non-hydrogen) atoms. The van der Waals surface area contributed by atoms with Crippen LogP contribution < -0.4 is 10.6 Å². The van der Waals surface area contributed by atoms with Gasteiger partial charge in [0.25, 0.3) is 0 Å². The van der Waals surface area contributed by atoms with E-state index < -0.39 is 0 Å². The monoisotopic (exact) mass is 272 g/mol. The third-order valence-electron chi connectivity index (χ3n) is 3.82. The van der Waals surface area contributed by atoms with Crippen molar-refractivity contribution in [3.05, 3.63) is 29.8 Å². The number of aryl methyl sites for hydroxylation is 2. The Morgan fingerprint density at radius 1 is 1.25 bits per heavy atom. The fraction of sp³-hybridized carbons (Fsp3) is 0.500. The molecular formula is C14H20N6. The fourth-order valence-corrected chi connectivity index (χ4v) is 2.72. The molecule has 1 fully saturated rings. The molecule has 0 spiro atoms. The molecule has 3 rings (SSSR count). The summed E-state index contributed by atoms with van der Waals surface area (Å²) in [6.45, 7) is 5.95. The van der Waals surface area contributed by atoms with Gasteiger partial charge in [0, 0.05) is 25.5 Å². The van der Waals surface area contributed by atoms with Crippen molar-refractivity contribution in [2.75, 3.05) is 23.7 Å². The number of aromatic nitrogens is 4. The summed E-state index contributed by atoms with van der Waals surface area (Å²) in [4.78, 5) is 11.3. The number of nitrogens with two attached hydrogens (primary N) is 1. The maximum absolute atomic E-state index is 5.68. The summed E-state index contributed by atoms with van der Waals surface area (Å²) >= 11 is 0. The molecule has 1 saturated heterocycles. The van der Waals surface area contributed by atoms with Crippen LogP contribution in [0, 0.1) is 13.8 Å². The molecule has 0 saturated carbocycles. The summed E-state index contributed by atoms with van der Waals surface area (Å²) < 4.78 is 1.99. The van der Waals surface area contributed by atoms with Crippen LogP contribution in [0.25, 0.3) is 0 Å². The molecule has 0 aliphatic carbocycles. The number of nitrogen functional groups attached to an aromatic ring is 1. The Kier molecular flexibility index (Phi) is 3.30. The van der Waals surface area contributed by atoms with Gasteiger partial charge in [-0.1, -0.05) is 0 Å². The number of rotatable bonds is 2. The van der Waals surface area contributed by atoms with E-state index in [9.17, 15) is 0 Å². The van der Waals surface area contributed by atoms with E-state index in [0.29, 0.717) is 11.9 Å². The van der Waals surface area contributed by atoms with Crippen molar-refractivity contribution in [2.24, 2.45) is 0 Å². The largest absolute Gasteiger partial charge is 0.382 e. The molecule has 0 unspecified atom stereocenters. The Labute approximate surface area is 118 Å². The number of piperidine rings is 1. The van der Waals surface area contributed by atoms with Crippen molar-refractivity contribution >= 4 is 11.6 Å². The lowest BCUT2D eigenvalue weighted by Gasteiger charge is -2.33. The molecule has 106 valence electrons. The number of anilines is 2. The lowest BCUT2D eigenvalue weighted by molar-refractivity contribution is 0.366. The van der Waals surface area contributed by atoms with Gasteiger partial charge < -0.3 is 10.6 Å². The van der Waals surface area contributed by atoms with Crippen LogP contribution in [0.15, 0.2) is 18.5 Å². The first-order chi connectivity index (χ1) is 9.63. The molecule has 6 heteroatoms. The first-order valence-electron chi connectivity index (χ1n) is 6.99. The number of hydrogen-bond acceptors (Lipinski definition) is 5. The van der Waals surface area contributed by atoms with E-state index in [1.54, 1.807) is 0 Å². The van der Waals surface area contributed by atoms with Gasteiger partial charge in [0.05, 0.1) is 17.4 Å². The summed E-state index contributed by atoms with van der Waals surface area (Å²) in [6, 6.07) is 2.28. The molecule has 2 N–H and O–H groups in total. The number of nitrogens with zero attached hydrogens (tertiary/aromatic N) is 5. The average molecular weight is 272 g/mol. The molecule has 2 aromatic rings. The topological polar surface area (TPSA) is 72.9 Å². The maximum Gasteiger partial charge on any atom is 0.150 e. The second-order valence-corrected chi connectivity index (χ2v) is 5.36. The highest BCUT2D eigenvalue weighted by molar-refractivity contribution is 5.43. The van der Waals surface area contributed by atoms with E-state index in [1.807, 2.05) is 37.0 Å². The summed E-state index contributed by atoms with van der Waals surface area (Å²) in [6.07, 6.45) is 5.89. The Morgan fingerprint density at radius 2 is 2.00 bits per heavy atom. The zero-order valence-corrected chi connectivity index (χ0v) is 12.0. The molecule has 3 heterocycles. The van der Waals surface area contributed by atoms with Gasteiger partial charge in [0.1, 0.15) is 11.6 Å². The summed E-state index contributed by atoms with van der Waals surface area (Å²) in [5.41, 5.74) is 7.64. The Bertz CT molecular complexity index is 597. The van der Waals surface area contributed by atoms with Crippen molar-refractivity contribution in [2.45, 2.75) is 32.7 Å². The lowest BCUT2D eigenvalue weighted by atomic mass is 10.1. The Morgan fingerprint density at radius 3 is 2.65 bits per heavy atom. The quantitative estimate of drug-likeness (QED) is 0.901. The van der Waals surface area contributed by atoms with Gasteiger partial charge in [-0.25, -0.2) is 4.98 Å². The average Bonchev–Trinajstić information content (AvgIpc) is 2.88. The van der Waals surface area contributed by atoms with E-state index in [0.717, 1.165) is 43.1 Å². The van der Waals surface area contributed by atoms with E-state index in [-0.39, 0.29) is 0 Å². The van der Waals surface area contributed by atoms with Gasteiger partial charge >= 0.3 is 0 Å². The van der Waals surface area contributed by atoms with Gasteiger partial charge in [-0.15, -0.1) is 0 Å². The second-order valence-electron chi connectivity index (χ2n) is 5.36. The predicted octanol–water partition coefficient (Wildman–Crippen LogP) is 1.71. The predicted molar refractivity (Wildman–Crippen MR) is 78.6 cm³/mol. The molecule has 0 radical (unpaired) electrons. The minimum absolute atomic E-state index is 0.432. The summed E-state index contributed by atoms with van der Waals surface area (Å²) in [7, 11) is 0. The summed E-state index contributed by atoms with van der Waals surface area (Å²) in [5, 5.41) is 4.31. The third-order valence-corrected chi connectivity index (χ3v) is 3.82. The van der Waals surface area contributed by atoms with Crippen molar-refractivity contribution in [1.82, 2.24) is 19.7 Å². The molecule has 6 nitrogen and oxygen atoms in total. The molecule has 0 atom stereocenters. The molecule has 1 aliphatic heterocycles. The Balaban J connectivity index is 1.70. The SMILES string of the molecule is Cc1cnc(C)c(N2CCC(n3ccc(N)n3)CC2)n1. The van der Waals surface area contributed by atoms with Gasteiger partial charge in [-0.3, -0.25) is 9.67 Å². The van der Waals surface area contributed by atoms with Crippen LogP contribution in [-0.2, 0) is 0 Å². The Hall–Kier alpha value is -2.11. The molecule has 0 bridgehead atoms. The minimum Gasteiger partial charge on any atom is -0.382 e. The van der Waals surface area contributed by atoms with Gasteiger partial charge in [0.2, 0.25) is 0 Å². The zero-order chi connectivity index (χ0) is 14.1. The third kappa shape index (κ3) is 2.45. The minimum atomic E-state index is 0.432. The van der Waals surface area contributed by atoms with Crippen molar-refractivity contribution in [3.63, 3.8) is 0 Å². The van der Waals surface area contributed by atoms with Crippen LogP contribution in [0.1, 0.15) is 30.3 Å². The molecular weight excluding hydrogens is 252 g/mol. The lowest BCUT2D eigenvalue weighted by Crippen LogP contribution is -2.36. The smallest absolute Gasteiger partial charge is 0.150 e. The fourth-order valence-electron chi connectivity index (χ4n) is 2.72. The van der Waals surface area contributed by atoms with Crippen LogP contribution in [0.3, 0.4) is 0 Å².